The number of nitrogens with two attached hydrogens (primary N) is 1. The zero-order valence-electron chi connectivity index (χ0n) is 9.66. The van der Waals surface area contributed by atoms with Crippen molar-refractivity contribution in [1.29, 1.82) is 0 Å². The highest BCUT2D eigenvalue weighted by Crippen LogP contribution is 2.25. The molecule has 0 aliphatic carbocycles. The molecule has 2 atom stereocenters. The summed E-state index contributed by atoms with van der Waals surface area (Å²) < 4.78 is 0. The first kappa shape index (κ1) is 13.9. The average molecular weight is 203 g/mol. The van der Waals surface area contributed by atoms with E-state index in [0.717, 1.165) is 19.3 Å². The molecule has 0 aliphatic rings. The van der Waals surface area contributed by atoms with Crippen LogP contribution in [-0.2, 0) is 0 Å². The normalized spacial score (nSPS) is 16.7. The van der Waals surface area contributed by atoms with Gasteiger partial charge in [-0.15, -0.1) is 0 Å². The van der Waals surface area contributed by atoms with Crippen LogP contribution in [0.3, 0.4) is 0 Å². The molecule has 0 saturated carbocycles. The van der Waals surface area contributed by atoms with Gasteiger partial charge in [-0.25, -0.2) is 0 Å². The number of hydrogen-bond acceptors (Lipinski definition) is 3. The van der Waals surface area contributed by atoms with E-state index < -0.39 is 6.10 Å². The van der Waals surface area contributed by atoms with Crippen molar-refractivity contribution in [3.05, 3.63) is 0 Å². The topological polar surface area (TPSA) is 66.5 Å². The predicted octanol–water partition coefficient (Wildman–Crippen LogP) is 1.27. The summed E-state index contributed by atoms with van der Waals surface area (Å²) in [6.45, 7) is 5.94. The summed E-state index contributed by atoms with van der Waals surface area (Å²) in [6, 6.07) is 0. The standard InChI is InChI=1S/C11H25NO2/c1-4-5-6-9(11(2,3)12)7-10(14)8-13/h9-10,13-14H,4-8,12H2,1-3H3. The molecule has 0 spiro atoms. The third-order valence-electron chi connectivity index (χ3n) is 2.73. The molecule has 86 valence electrons. The highest BCUT2D eigenvalue weighted by molar-refractivity contribution is 4.83. The van der Waals surface area contributed by atoms with E-state index in [1.165, 1.54) is 0 Å². The summed E-state index contributed by atoms with van der Waals surface area (Å²) in [7, 11) is 0. The van der Waals surface area contributed by atoms with Crippen molar-refractivity contribution >= 4 is 0 Å². The Balaban J connectivity index is 4.11. The average Bonchev–Trinajstić information content (AvgIpc) is 2.09. The zero-order valence-corrected chi connectivity index (χ0v) is 9.66. The Morgan fingerprint density at radius 2 is 1.93 bits per heavy atom. The van der Waals surface area contributed by atoms with E-state index in [1.54, 1.807) is 0 Å². The fourth-order valence-corrected chi connectivity index (χ4v) is 1.65. The van der Waals surface area contributed by atoms with Gasteiger partial charge >= 0.3 is 0 Å². The molecule has 0 aliphatic heterocycles. The summed E-state index contributed by atoms with van der Waals surface area (Å²) in [4.78, 5) is 0. The minimum atomic E-state index is -0.625. The molecule has 0 aromatic heterocycles. The number of rotatable bonds is 7. The molecule has 0 radical (unpaired) electrons. The summed E-state index contributed by atoms with van der Waals surface area (Å²) in [5.74, 6) is 0.282. The van der Waals surface area contributed by atoms with Crippen LogP contribution in [0.25, 0.3) is 0 Å². The molecule has 0 saturated heterocycles. The zero-order chi connectivity index (χ0) is 11.2. The van der Waals surface area contributed by atoms with Gasteiger partial charge in [0, 0.05) is 5.54 Å². The van der Waals surface area contributed by atoms with E-state index in [9.17, 15) is 5.11 Å². The number of hydrogen-bond donors (Lipinski definition) is 3. The lowest BCUT2D eigenvalue weighted by molar-refractivity contribution is 0.0608. The van der Waals surface area contributed by atoms with Gasteiger partial charge < -0.3 is 15.9 Å². The smallest absolute Gasteiger partial charge is 0.0774 e. The van der Waals surface area contributed by atoms with Crippen LogP contribution < -0.4 is 5.73 Å². The van der Waals surface area contributed by atoms with Crippen LogP contribution in [0.2, 0.25) is 0 Å². The van der Waals surface area contributed by atoms with Crippen LogP contribution in [0.5, 0.6) is 0 Å². The van der Waals surface area contributed by atoms with Crippen molar-refractivity contribution < 1.29 is 10.2 Å². The Labute approximate surface area is 87.3 Å². The molecule has 0 heterocycles. The van der Waals surface area contributed by atoms with Crippen LogP contribution in [-0.4, -0.2) is 28.5 Å². The van der Waals surface area contributed by atoms with Crippen LogP contribution in [0, 0.1) is 5.92 Å². The van der Waals surface area contributed by atoms with E-state index in [2.05, 4.69) is 6.92 Å². The molecule has 2 unspecified atom stereocenters. The summed E-state index contributed by atoms with van der Waals surface area (Å²) in [5, 5.41) is 18.2. The van der Waals surface area contributed by atoms with Crippen LogP contribution in [0.1, 0.15) is 46.5 Å². The Morgan fingerprint density at radius 3 is 2.29 bits per heavy atom. The fraction of sp³-hybridized carbons (Fsp3) is 1.00. The van der Waals surface area contributed by atoms with Gasteiger partial charge in [0.15, 0.2) is 0 Å². The molecule has 0 amide bonds. The molecular formula is C11H25NO2. The summed E-state index contributed by atoms with van der Waals surface area (Å²) in [6.07, 6.45) is 3.27. The van der Waals surface area contributed by atoms with Gasteiger partial charge in [-0.2, -0.15) is 0 Å². The molecule has 4 N–H and O–H groups in total. The summed E-state index contributed by atoms with van der Waals surface area (Å²) in [5.41, 5.74) is 5.76. The van der Waals surface area contributed by atoms with Gasteiger partial charge in [0.25, 0.3) is 0 Å². The second-order valence-corrected chi connectivity index (χ2v) is 4.73. The highest BCUT2D eigenvalue weighted by atomic mass is 16.3. The van der Waals surface area contributed by atoms with Crippen LogP contribution >= 0.6 is 0 Å². The van der Waals surface area contributed by atoms with Gasteiger partial charge in [0.05, 0.1) is 12.7 Å². The molecule has 14 heavy (non-hydrogen) atoms. The van der Waals surface area contributed by atoms with E-state index in [-0.39, 0.29) is 18.1 Å². The van der Waals surface area contributed by atoms with Gasteiger partial charge in [-0.05, 0) is 32.6 Å². The van der Waals surface area contributed by atoms with Gasteiger partial charge in [0.1, 0.15) is 0 Å². The van der Waals surface area contributed by atoms with Crippen molar-refractivity contribution in [3.8, 4) is 0 Å². The molecule has 0 fully saturated rings. The van der Waals surface area contributed by atoms with Crippen LogP contribution in [0.15, 0.2) is 0 Å². The molecular weight excluding hydrogens is 178 g/mol. The SMILES string of the molecule is CCCCC(CC(O)CO)C(C)(C)N. The van der Waals surface area contributed by atoms with E-state index in [0.29, 0.717) is 6.42 Å². The van der Waals surface area contributed by atoms with Gasteiger partial charge in [-0.1, -0.05) is 19.8 Å². The minimum absolute atomic E-state index is 0.168. The molecule has 3 nitrogen and oxygen atoms in total. The highest BCUT2D eigenvalue weighted by Gasteiger charge is 2.26. The third-order valence-corrected chi connectivity index (χ3v) is 2.73. The first-order valence-corrected chi connectivity index (χ1v) is 5.49. The van der Waals surface area contributed by atoms with Crippen molar-refractivity contribution in [1.82, 2.24) is 0 Å². The summed E-state index contributed by atoms with van der Waals surface area (Å²) >= 11 is 0. The Hall–Kier alpha value is -0.120. The fourth-order valence-electron chi connectivity index (χ4n) is 1.65. The maximum absolute atomic E-state index is 9.39. The van der Waals surface area contributed by atoms with Gasteiger partial charge in [-0.3, -0.25) is 0 Å². The molecule has 0 rings (SSSR count). The predicted molar refractivity (Wildman–Crippen MR) is 59.0 cm³/mol. The second kappa shape index (κ2) is 6.38. The molecule has 0 aromatic rings. The second-order valence-electron chi connectivity index (χ2n) is 4.73. The largest absolute Gasteiger partial charge is 0.394 e. The van der Waals surface area contributed by atoms with E-state index in [4.69, 9.17) is 10.8 Å². The maximum Gasteiger partial charge on any atom is 0.0774 e. The minimum Gasteiger partial charge on any atom is -0.394 e. The van der Waals surface area contributed by atoms with E-state index >= 15 is 0 Å². The number of unbranched alkanes of at least 4 members (excludes halogenated alkanes) is 1. The Morgan fingerprint density at radius 1 is 1.36 bits per heavy atom. The van der Waals surface area contributed by atoms with Crippen LogP contribution in [0.4, 0.5) is 0 Å². The number of aliphatic hydroxyl groups excluding tert-OH is 2. The molecule has 3 heteroatoms. The maximum atomic E-state index is 9.39. The lowest BCUT2D eigenvalue weighted by Gasteiger charge is -2.32. The Bertz CT molecular complexity index is 143. The quantitative estimate of drug-likeness (QED) is 0.584. The van der Waals surface area contributed by atoms with Crippen molar-refractivity contribution in [2.24, 2.45) is 11.7 Å². The van der Waals surface area contributed by atoms with E-state index in [1.807, 2.05) is 13.8 Å². The van der Waals surface area contributed by atoms with Crippen molar-refractivity contribution in [2.75, 3.05) is 6.61 Å². The molecule has 0 bridgehead atoms. The lowest BCUT2D eigenvalue weighted by Crippen LogP contribution is -2.42. The lowest BCUT2D eigenvalue weighted by atomic mass is 9.81. The third kappa shape index (κ3) is 5.58. The first-order valence-electron chi connectivity index (χ1n) is 5.49. The Kier molecular flexibility index (Phi) is 6.33. The monoisotopic (exact) mass is 203 g/mol. The van der Waals surface area contributed by atoms with Crippen molar-refractivity contribution in [2.45, 2.75) is 58.1 Å². The van der Waals surface area contributed by atoms with Crippen molar-refractivity contribution in [3.63, 3.8) is 0 Å². The first-order chi connectivity index (χ1) is 6.41. The molecule has 0 aromatic carbocycles. The number of aliphatic hydroxyl groups is 2. The van der Waals surface area contributed by atoms with Gasteiger partial charge in [0.2, 0.25) is 0 Å².